The van der Waals surface area contributed by atoms with Crippen LogP contribution in [0.3, 0.4) is 0 Å². The van der Waals surface area contributed by atoms with Crippen LogP contribution in [0.1, 0.15) is 33.1 Å². The van der Waals surface area contributed by atoms with Gasteiger partial charge < -0.3 is 20.6 Å². The lowest BCUT2D eigenvalue weighted by molar-refractivity contribution is -0.133. The Hall–Kier alpha value is -1.34. The predicted octanol–water partition coefficient (Wildman–Crippen LogP) is 0.471. The molecule has 3 N–H and O–H groups in total. The Morgan fingerprint density at radius 1 is 1.38 bits per heavy atom. The zero-order valence-corrected chi connectivity index (χ0v) is 13.3. The number of methoxy groups -OCH3 is 1. The molecular weight excluding hydrogens is 272 g/mol. The van der Waals surface area contributed by atoms with Crippen LogP contribution in [0.5, 0.6) is 0 Å². The average molecular weight is 300 g/mol. The van der Waals surface area contributed by atoms with Crippen molar-refractivity contribution in [3.05, 3.63) is 0 Å². The standard InChI is InChI=1S/C14H28N4O3/c1-4-12(14(15)16-20)17-7-9-18(10-8-17)13(19)6-5-11(2)21-3/h11-12,20H,4-10H2,1-3H3,(H2,15,16). The molecule has 122 valence electrons. The number of nitrogens with two attached hydrogens (primary N) is 1. The van der Waals surface area contributed by atoms with Gasteiger partial charge in [0.2, 0.25) is 5.91 Å². The molecule has 1 aliphatic rings. The van der Waals surface area contributed by atoms with Crippen molar-refractivity contribution in [3.63, 3.8) is 0 Å². The van der Waals surface area contributed by atoms with Gasteiger partial charge in [0, 0.05) is 39.7 Å². The number of carbonyl (C=O) groups is 1. The van der Waals surface area contributed by atoms with E-state index in [4.69, 9.17) is 15.7 Å². The summed E-state index contributed by atoms with van der Waals surface area (Å²) in [5.74, 6) is 0.418. The Kier molecular flexibility index (Phi) is 7.45. The molecule has 0 spiro atoms. The highest BCUT2D eigenvalue weighted by atomic mass is 16.5. The predicted molar refractivity (Wildman–Crippen MR) is 81.3 cm³/mol. The molecule has 2 atom stereocenters. The number of ether oxygens (including phenoxy) is 1. The Balaban J connectivity index is 2.42. The van der Waals surface area contributed by atoms with Gasteiger partial charge in [-0.1, -0.05) is 12.1 Å². The van der Waals surface area contributed by atoms with Crippen molar-refractivity contribution in [2.75, 3.05) is 33.3 Å². The van der Waals surface area contributed by atoms with Crippen LogP contribution in [0.25, 0.3) is 0 Å². The number of oxime groups is 1. The third-order valence-corrected chi connectivity index (χ3v) is 4.12. The first-order valence-corrected chi connectivity index (χ1v) is 7.55. The van der Waals surface area contributed by atoms with Gasteiger partial charge in [-0.3, -0.25) is 9.69 Å². The molecule has 0 bridgehead atoms. The second-order valence-corrected chi connectivity index (χ2v) is 5.45. The molecule has 0 aromatic carbocycles. The lowest BCUT2D eigenvalue weighted by Crippen LogP contribution is -2.55. The molecular formula is C14H28N4O3. The average Bonchev–Trinajstić information content (AvgIpc) is 2.53. The highest BCUT2D eigenvalue weighted by Crippen LogP contribution is 2.12. The van der Waals surface area contributed by atoms with E-state index >= 15 is 0 Å². The van der Waals surface area contributed by atoms with Gasteiger partial charge in [-0.2, -0.15) is 0 Å². The van der Waals surface area contributed by atoms with Crippen LogP contribution in [0.15, 0.2) is 5.16 Å². The number of rotatable bonds is 7. The molecule has 1 heterocycles. The third-order valence-electron chi connectivity index (χ3n) is 4.12. The second-order valence-electron chi connectivity index (χ2n) is 5.45. The highest BCUT2D eigenvalue weighted by molar-refractivity contribution is 5.85. The number of hydrogen-bond acceptors (Lipinski definition) is 5. The van der Waals surface area contributed by atoms with Crippen LogP contribution in [-0.4, -0.2) is 72.2 Å². The molecule has 0 aromatic heterocycles. The lowest BCUT2D eigenvalue weighted by atomic mass is 10.1. The van der Waals surface area contributed by atoms with E-state index in [1.807, 2.05) is 18.7 Å². The van der Waals surface area contributed by atoms with Crippen molar-refractivity contribution in [1.29, 1.82) is 0 Å². The van der Waals surface area contributed by atoms with Crippen LogP contribution in [0.4, 0.5) is 0 Å². The number of carbonyl (C=O) groups excluding carboxylic acids is 1. The largest absolute Gasteiger partial charge is 0.409 e. The van der Waals surface area contributed by atoms with Crippen LogP contribution >= 0.6 is 0 Å². The second kappa shape index (κ2) is 8.84. The summed E-state index contributed by atoms with van der Waals surface area (Å²) in [5.41, 5.74) is 5.71. The first-order valence-electron chi connectivity index (χ1n) is 7.55. The molecule has 0 saturated carbocycles. The molecule has 1 amide bonds. The molecule has 2 unspecified atom stereocenters. The minimum absolute atomic E-state index is 0.0548. The van der Waals surface area contributed by atoms with E-state index in [1.54, 1.807) is 7.11 Å². The number of hydrogen-bond donors (Lipinski definition) is 2. The third kappa shape index (κ3) is 5.17. The van der Waals surface area contributed by atoms with E-state index in [9.17, 15) is 4.79 Å². The first kappa shape index (κ1) is 17.7. The van der Waals surface area contributed by atoms with E-state index in [2.05, 4.69) is 10.1 Å². The van der Waals surface area contributed by atoms with Crippen LogP contribution < -0.4 is 5.73 Å². The van der Waals surface area contributed by atoms with E-state index in [0.29, 0.717) is 19.5 Å². The first-order chi connectivity index (χ1) is 10.0. The van der Waals surface area contributed by atoms with Crippen molar-refractivity contribution < 1.29 is 14.7 Å². The Bertz CT molecular complexity index is 354. The monoisotopic (exact) mass is 300 g/mol. The van der Waals surface area contributed by atoms with Gasteiger partial charge in [0.05, 0.1) is 12.1 Å². The van der Waals surface area contributed by atoms with Crippen LogP contribution in [0, 0.1) is 0 Å². The topological polar surface area (TPSA) is 91.4 Å². The molecule has 1 saturated heterocycles. The summed E-state index contributed by atoms with van der Waals surface area (Å²) >= 11 is 0. The number of amidine groups is 1. The van der Waals surface area contributed by atoms with E-state index < -0.39 is 0 Å². The van der Waals surface area contributed by atoms with Gasteiger partial charge in [-0.25, -0.2) is 0 Å². The fourth-order valence-electron chi connectivity index (χ4n) is 2.61. The van der Waals surface area contributed by atoms with E-state index in [1.165, 1.54) is 0 Å². The Morgan fingerprint density at radius 3 is 2.48 bits per heavy atom. The zero-order chi connectivity index (χ0) is 15.8. The van der Waals surface area contributed by atoms with Gasteiger partial charge in [-0.15, -0.1) is 0 Å². The summed E-state index contributed by atoms with van der Waals surface area (Å²) in [7, 11) is 1.66. The maximum Gasteiger partial charge on any atom is 0.222 e. The minimum atomic E-state index is -0.0548. The minimum Gasteiger partial charge on any atom is -0.409 e. The molecule has 1 aliphatic heterocycles. The maximum atomic E-state index is 12.1. The maximum absolute atomic E-state index is 12.1. The Labute approximate surface area is 126 Å². The van der Waals surface area contributed by atoms with Gasteiger partial charge >= 0.3 is 0 Å². The summed E-state index contributed by atoms with van der Waals surface area (Å²) in [6.45, 7) is 6.85. The van der Waals surface area contributed by atoms with Crippen molar-refractivity contribution >= 4 is 11.7 Å². The van der Waals surface area contributed by atoms with Gasteiger partial charge in [-0.05, 0) is 19.8 Å². The van der Waals surface area contributed by atoms with Crippen molar-refractivity contribution in [3.8, 4) is 0 Å². The van der Waals surface area contributed by atoms with Crippen molar-refractivity contribution in [2.45, 2.75) is 45.3 Å². The quantitative estimate of drug-likeness (QED) is 0.309. The molecule has 7 nitrogen and oxygen atoms in total. The van der Waals surface area contributed by atoms with E-state index in [0.717, 1.165) is 25.9 Å². The van der Waals surface area contributed by atoms with Gasteiger partial charge in [0.25, 0.3) is 0 Å². The lowest BCUT2D eigenvalue weighted by Gasteiger charge is -2.38. The molecule has 0 aliphatic carbocycles. The van der Waals surface area contributed by atoms with Crippen molar-refractivity contribution in [2.24, 2.45) is 10.9 Å². The summed E-state index contributed by atoms with van der Waals surface area (Å²) in [6.07, 6.45) is 2.17. The van der Waals surface area contributed by atoms with Gasteiger partial charge in [0.15, 0.2) is 5.84 Å². The molecule has 0 radical (unpaired) electrons. The normalized spacial score (nSPS) is 20.3. The van der Waals surface area contributed by atoms with Gasteiger partial charge in [0.1, 0.15) is 0 Å². The fourth-order valence-corrected chi connectivity index (χ4v) is 2.61. The molecule has 0 aromatic rings. The highest BCUT2D eigenvalue weighted by Gasteiger charge is 2.27. The summed E-state index contributed by atoms with van der Waals surface area (Å²) in [4.78, 5) is 16.2. The fraction of sp³-hybridized carbons (Fsp3) is 0.857. The SMILES string of the molecule is CCC(C(N)=NO)N1CCN(C(=O)CCC(C)OC)CC1. The molecule has 21 heavy (non-hydrogen) atoms. The van der Waals surface area contributed by atoms with Crippen LogP contribution in [-0.2, 0) is 9.53 Å². The van der Waals surface area contributed by atoms with Crippen LogP contribution in [0.2, 0.25) is 0 Å². The van der Waals surface area contributed by atoms with E-state index in [-0.39, 0.29) is 23.9 Å². The number of nitrogens with zero attached hydrogens (tertiary/aromatic N) is 3. The summed E-state index contributed by atoms with van der Waals surface area (Å²) in [5, 5.41) is 11.9. The summed E-state index contributed by atoms with van der Waals surface area (Å²) in [6, 6.07) is -0.0548. The molecule has 7 heteroatoms. The summed E-state index contributed by atoms with van der Waals surface area (Å²) < 4.78 is 5.16. The number of amides is 1. The molecule has 1 fully saturated rings. The number of piperazine rings is 1. The smallest absolute Gasteiger partial charge is 0.222 e. The van der Waals surface area contributed by atoms with Crippen molar-refractivity contribution in [1.82, 2.24) is 9.80 Å². The molecule has 1 rings (SSSR count). The Morgan fingerprint density at radius 2 is 2.00 bits per heavy atom. The zero-order valence-electron chi connectivity index (χ0n) is 13.3.